The van der Waals surface area contributed by atoms with Gasteiger partial charge in [0.25, 0.3) is 0 Å². The molecule has 1 heterocycles. The van der Waals surface area contributed by atoms with Crippen molar-refractivity contribution >= 4 is 28.6 Å². The SMILES string of the molecule is Cc1cc2cc(NC(=O)[C@H](CCCCN)NC(=O)O)ccc2[nH]1. The van der Waals surface area contributed by atoms with Crippen molar-refractivity contribution in [1.82, 2.24) is 10.3 Å². The quantitative estimate of drug-likeness (QED) is 0.502. The first-order valence-electron chi connectivity index (χ1n) is 7.59. The van der Waals surface area contributed by atoms with Gasteiger partial charge in [0.15, 0.2) is 0 Å². The van der Waals surface area contributed by atoms with Crippen LogP contribution in [0.5, 0.6) is 0 Å². The Balaban J connectivity index is 2.06. The largest absolute Gasteiger partial charge is 0.465 e. The Morgan fingerprint density at radius 3 is 2.78 bits per heavy atom. The summed E-state index contributed by atoms with van der Waals surface area (Å²) in [6.07, 6.45) is 0.639. The third-order valence-electron chi connectivity index (χ3n) is 3.58. The van der Waals surface area contributed by atoms with Crippen molar-refractivity contribution in [2.24, 2.45) is 5.73 Å². The Morgan fingerprint density at radius 2 is 2.09 bits per heavy atom. The van der Waals surface area contributed by atoms with Crippen molar-refractivity contribution in [2.45, 2.75) is 32.2 Å². The fourth-order valence-corrected chi connectivity index (χ4v) is 2.50. The Morgan fingerprint density at radius 1 is 1.30 bits per heavy atom. The number of unbranched alkanes of at least 4 members (excludes halogenated alkanes) is 1. The smallest absolute Gasteiger partial charge is 0.405 e. The number of aryl methyl sites for hydroxylation is 1. The van der Waals surface area contributed by atoms with Gasteiger partial charge in [-0.2, -0.15) is 0 Å². The van der Waals surface area contributed by atoms with E-state index < -0.39 is 12.1 Å². The van der Waals surface area contributed by atoms with Gasteiger partial charge in [0.05, 0.1) is 0 Å². The number of aromatic nitrogens is 1. The standard InChI is InChI=1S/C16H22N4O3/c1-10-8-11-9-12(5-6-13(11)18-10)19-15(21)14(20-16(22)23)4-2-3-7-17/h5-6,8-9,14,18,20H,2-4,7,17H2,1H3,(H,19,21)(H,22,23)/t14-/m0/s1. The van der Waals surface area contributed by atoms with E-state index >= 15 is 0 Å². The average Bonchev–Trinajstić information content (AvgIpc) is 2.85. The van der Waals surface area contributed by atoms with E-state index in [1.807, 2.05) is 25.1 Å². The van der Waals surface area contributed by atoms with E-state index in [1.54, 1.807) is 6.07 Å². The Labute approximate surface area is 134 Å². The van der Waals surface area contributed by atoms with Crippen LogP contribution >= 0.6 is 0 Å². The molecular weight excluding hydrogens is 296 g/mol. The summed E-state index contributed by atoms with van der Waals surface area (Å²) in [5.74, 6) is -0.365. The zero-order valence-electron chi connectivity index (χ0n) is 13.1. The van der Waals surface area contributed by atoms with Crippen molar-refractivity contribution in [2.75, 3.05) is 11.9 Å². The number of carbonyl (C=O) groups is 2. The lowest BCUT2D eigenvalue weighted by Gasteiger charge is -2.16. The molecule has 7 nitrogen and oxygen atoms in total. The van der Waals surface area contributed by atoms with Crippen molar-refractivity contribution < 1.29 is 14.7 Å². The first-order chi connectivity index (χ1) is 11.0. The maximum Gasteiger partial charge on any atom is 0.405 e. The topological polar surface area (TPSA) is 120 Å². The van der Waals surface area contributed by atoms with E-state index in [0.717, 1.165) is 23.0 Å². The number of hydrogen-bond donors (Lipinski definition) is 5. The Kier molecular flexibility index (Phi) is 5.59. The van der Waals surface area contributed by atoms with Gasteiger partial charge < -0.3 is 26.5 Å². The molecule has 1 aromatic heterocycles. The number of nitrogens with two attached hydrogens (primary N) is 1. The summed E-state index contributed by atoms with van der Waals surface area (Å²) in [4.78, 5) is 26.4. The lowest BCUT2D eigenvalue weighted by atomic mass is 10.1. The average molecular weight is 318 g/mol. The van der Waals surface area contributed by atoms with Crippen LogP contribution in [0, 0.1) is 6.92 Å². The fourth-order valence-electron chi connectivity index (χ4n) is 2.50. The molecule has 0 saturated heterocycles. The molecule has 0 unspecified atom stereocenters. The number of hydrogen-bond acceptors (Lipinski definition) is 3. The summed E-state index contributed by atoms with van der Waals surface area (Å²) in [5, 5.41) is 14.9. The molecule has 7 heteroatoms. The number of aromatic amines is 1. The number of carboxylic acid groups (broad SMARTS) is 1. The van der Waals surface area contributed by atoms with Crippen LogP contribution in [-0.2, 0) is 4.79 Å². The molecule has 1 atom stereocenters. The summed E-state index contributed by atoms with van der Waals surface area (Å²) >= 11 is 0. The minimum atomic E-state index is -1.21. The van der Waals surface area contributed by atoms with Crippen LogP contribution in [0.2, 0.25) is 0 Å². The predicted molar refractivity (Wildman–Crippen MR) is 89.5 cm³/mol. The van der Waals surface area contributed by atoms with E-state index in [4.69, 9.17) is 10.8 Å². The number of carbonyl (C=O) groups excluding carboxylic acids is 1. The molecule has 0 bridgehead atoms. The maximum absolute atomic E-state index is 12.3. The van der Waals surface area contributed by atoms with E-state index in [-0.39, 0.29) is 5.91 Å². The minimum absolute atomic E-state index is 0.365. The van der Waals surface area contributed by atoms with E-state index in [2.05, 4.69) is 15.6 Å². The first-order valence-corrected chi connectivity index (χ1v) is 7.59. The van der Waals surface area contributed by atoms with Crippen LogP contribution in [0.15, 0.2) is 24.3 Å². The molecule has 2 amide bonds. The first kappa shape index (κ1) is 16.8. The monoisotopic (exact) mass is 318 g/mol. The summed E-state index contributed by atoms with van der Waals surface area (Å²) < 4.78 is 0. The highest BCUT2D eigenvalue weighted by atomic mass is 16.4. The minimum Gasteiger partial charge on any atom is -0.465 e. The zero-order valence-corrected chi connectivity index (χ0v) is 13.1. The number of H-pyrrole nitrogens is 1. The van der Waals surface area contributed by atoms with Crippen LogP contribution in [-0.4, -0.2) is 34.7 Å². The molecular formula is C16H22N4O3. The zero-order chi connectivity index (χ0) is 16.8. The van der Waals surface area contributed by atoms with Gasteiger partial charge in [-0.15, -0.1) is 0 Å². The third kappa shape index (κ3) is 4.72. The molecule has 0 spiro atoms. The highest BCUT2D eigenvalue weighted by molar-refractivity contribution is 5.98. The second-order valence-corrected chi connectivity index (χ2v) is 5.53. The van der Waals surface area contributed by atoms with Crippen LogP contribution in [0.1, 0.15) is 25.0 Å². The molecule has 23 heavy (non-hydrogen) atoms. The lowest BCUT2D eigenvalue weighted by Crippen LogP contribution is -2.43. The van der Waals surface area contributed by atoms with Gasteiger partial charge >= 0.3 is 6.09 Å². The van der Waals surface area contributed by atoms with Crippen molar-refractivity contribution in [3.63, 3.8) is 0 Å². The highest BCUT2D eigenvalue weighted by Crippen LogP contribution is 2.20. The van der Waals surface area contributed by atoms with Gasteiger partial charge in [-0.3, -0.25) is 4.79 Å². The molecule has 2 rings (SSSR count). The maximum atomic E-state index is 12.3. The number of amides is 2. The van der Waals surface area contributed by atoms with Crippen molar-refractivity contribution in [1.29, 1.82) is 0 Å². The number of anilines is 1. The third-order valence-corrected chi connectivity index (χ3v) is 3.58. The molecule has 0 aliphatic rings. The summed E-state index contributed by atoms with van der Waals surface area (Å²) in [7, 11) is 0. The van der Waals surface area contributed by atoms with E-state index in [9.17, 15) is 9.59 Å². The van der Waals surface area contributed by atoms with Gasteiger partial charge in [0, 0.05) is 22.3 Å². The summed E-state index contributed by atoms with van der Waals surface area (Å²) in [5.41, 5.74) is 8.09. The Hall–Kier alpha value is -2.54. The predicted octanol–water partition coefficient (Wildman–Crippen LogP) is 2.18. The highest BCUT2D eigenvalue weighted by Gasteiger charge is 2.20. The summed E-state index contributed by atoms with van der Waals surface area (Å²) in [6, 6.07) is 6.72. The Bertz CT molecular complexity index is 696. The number of rotatable bonds is 7. The van der Waals surface area contributed by atoms with Gasteiger partial charge in [-0.25, -0.2) is 4.79 Å². The van der Waals surface area contributed by atoms with Crippen molar-refractivity contribution in [3.05, 3.63) is 30.0 Å². The molecule has 0 radical (unpaired) electrons. The number of nitrogens with one attached hydrogen (secondary N) is 3. The second-order valence-electron chi connectivity index (χ2n) is 5.53. The van der Waals surface area contributed by atoms with Crippen LogP contribution in [0.25, 0.3) is 10.9 Å². The van der Waals surface area contributed by atoms with E-state index in [1.165, 1.54) is 0 Å². The van der Waals surface area contributed by atoms with Crippen LogP contribution in [0.4, 0.5) is 10.5 Å². The van der Waals surface area contributed by atoms with Crippen LogP contribution < -0.4 is 16.4 Å². The molecule has 0 saturated carbocycles. The molecule has 0 fully saturated rings. The molecule has 0 aliphatic carbocycles. The normalized spacial score (nSPS) is 12.1. The van der Waals surface area contributed by atoms with Gasteiger partial charge in [-0.1, -0.05) is 0 Å². The van der Waals surface area contributed by atoms with Crippen molar-refractivity contribution in [3.8, 4) is 0 Å². The molecule has 0 aliphatic heterocycles. The van der Waals surface area contributed by atoms with Crippen LogP contribution in [0.3, 0.4) is 0 Å². The van der Waals surface area contributed by atoms with Gasteiger partial charge in [0.1, 0.15) is 6.04 Å². The molecule has 124 valence electrons. The molecule has 1 aromatic carbocycles. The second kappa shape index (κ2) is 7.64. The number of benzene rings is 1. The molecule has 2 aromatic rings. The van der Waals surface area contributed by atoms with Gasteiger partial charge in [0.2, 0.25) is 5.91 Å². The molecule has 6 N–H and O–H groups in total. The number of fused-ring (bicyclic) bond motifs is 1. The summed E-state index contributed by atoms with van der Waals surface area (Å²) in [6.45, 7) is 2.48. The lowest BCUT2D eigenvalue weighted by molar-refractivity contribution is -0.118. The fraction of sp³-hybridized carbons (Fsp3) is 0.375. The van der Waals surface area contributed by atoms with Gasteiger partial charge in [-0.05, 0) is 57.0 Å². The van der Waals surface area contributed by atoms with E-state index in [0.29, 0.717) is 25.1 Å².